The van der Waals surface area contributed by atoms with Crippen LogP contribution in [0.4, 0.5) is 4.39 Å². The van der Waals surface area contributed by atoms with Crippen molar-refractivity contribution in [3.63, 3.8) is 0 Å². The summed E-state index contributed by atoms with van der Waals surface area (Å²) in [7, 11) is 1.49. The monoisotopic (exact) mass is 338 g/mol. The van der Waals surface area contributed by atoms with Gasteiger partial charge in [-0.15, -0.1) is 0 Å². The number of benzene rings is 1. The lowest BCUT2D eigenvalue weighted by molar-refractivity contribution is 0.628. The quantitative estimate of drug-likeness (QED) is 0.705. The molecule has 1 aromatic carbocycles. The van der Waals surface area contributed by atoms with Gasteiger partial charge in [0.25, 0.3) is 5.56 Å². The van der Waals surface area contributed by atoms with Crippen LogP contribution in [0.2, 0.25) is 0 Å². The molecule has 0 bridgehead atoms. The van der Waals surface area contributed by atoms with Gasteiger partial charge < -0.3 is 4.98 Å². The summed E-state index contributed by atoms with van der Waals surface area (Å²) in [5.41, 5.74) is -0.274. The van der Waals surface area contributed by atoms with Crippen molar-refractivity contribution < 1.29 is 4.39 Å². The molecule has 0 saturated carbocycles. The van der Waals surface area contributed by atoms with Crippen LogP contribution < -0.4 is 11.2 Å². The molecule has 102 valence electrons. The third-order valence-electron chi connectivity index (χ3n) is 2.94. The zero-order valence-electron chi connectivity index (χ0n) is 10.2. The third kappa shape index (κ3) is 1.88. The van der Waals surface area contributed by atoms with Crippen LogP contribution in [0.1, 0.15) is 0 Å². The first-order valence-electron chi connectivity index (χ1n) is 5.62. The number of fused-ring (bicyclic) bond motifs is 1. The van der Waals surface area contributed by atoms with Crippen LogP contribution in [-0.2, 0) is 7.05 Å². The lowest BCUT2D eigenvalue weighted by Gasteiger charge is -2.00. The van der Waals surface area contributed by atoms with Gasteiger partial charge in [0.15, 0.2) is 5.65 Å². The Morgan fingerprint density at radius 2 is 2.05 bits per heavy atom. The zero-order chi connectivity index (χ0) is 14.4. The molecule has 6 nitrogen and oxygen atoms in total. The molecule has 2 heterocycles. The molecule has 0 aliphatic rings. The first-order chi connectivity index (χ1) is 9.47. The molecule has 0 fully saturated rings. The van der Waals surface area contributed by atoms with Gasteiger partial charge in [-0.25, -0.2) is 14.2 Å². The van der Waals surface area contributed by atoms with Crippen molar-refractivity contribution in [1.82, 2.24) is 19.5 Å². The number of hydrogen-bond acceptors (Lipinski definition) is 3. The van der Waals surface area contributed by atoms with E-state index in [1.165, 1.54) is 23.7 Å². The standard InChI is InChI=1S/C12H8BrFN4O2/c1-18-10-8(11(19)17-12(18)20)15-9(16-10)6-4-5(14)2-3-7(6)13/h2-4H,1H3,(H,15,16)(H,17,19,20). The molecule has 2 aromatic heterocycles. The number of H-pyrrole nitrogens is 2. The zero-order valence-corrected chi connectivity index (χ0v) is 11.8. The van der Waals surface area contributed by atoms with Crippen LogP contribution in [0.15, 0.2) is 32.3 Å². The van der Waals surface area contributed by atoms with Gasteiger partial charge in [0.1, 0.15) is 17.2 Å². The Bertz CT molecular complexity index is 941. The van der Waals surface area contributed by atoms with Crippen LogP contribution in [-0.4, -0.2) is 19.5 Å². The van der Waals surface area contributed by atoms with Crippen molar-refractivity contribution in [3.05, 3.63) is 49.3 Å². The number of halogens is 2. The Kier molecular flexibility index (Phi) is 2.82. The van der Waals surface area contributed by atoms with E-state index in [4.69, 9.17) is 0 Å². The van der Waals surface area contributed by atoms with Crippen LogP contribution in [0.25, 0.3) is 22.6 Å². The molecule has 0 atom stereocenters. The molecular formula is C12H8BrFN4O2. The summed E-state index contributed by atoms with van der Waals surface area (Å²) in [6.07, 6.45) is 0. The molecule has 20 heavy (non-hydrogen) atoms. The minimum atomic E-state index is -0.561. The first-order valence-corrected chi connectivity index (χ1v) is 6.41. The van der Waals surface area contributed by atoms with Crippen LogP contribution in [0.3, 0.4) is 0 Å². The van der Waals surface area contributed by atoms with Gasteiger partial charge in [-0.1, -0.05) is 15.9 Å². The summed E-state index contributed by atoms with van der Waals surface area (Å²) < 4.78 is 15.2. The topological polar surface area (TPSA) is 83.5 Å². The van der Waals surface area contributed by atoms with Gasteiger partial charge in [-0.05, 0) is 18.2 Å². The molecule has 0 amide bonds. The average Bonchev–Trinajstić information content (AvgIpc) is 2.84. The molecule has 0 spiro atoms. The van der Waals surface area contributed by atoms with Crippen molar-refractivity contribution in [2.75, 3.05) is 0 Å². The fourth-order valence-corrected chi connectivity index (χ4v) is 2.35. The predicted octanol–water partition coefficient (Wildman–Crippen LogP) is 1.52. The lowest BCUT2D eigenvalue weighted by Crippen LogP contribution is -2.28. The minimum Gasteiger partial charge on any atom is -0.332 e. The molecular weight excluding hydrogens is 331 g/mol. The van der Waals surface area contributed by atoms with Crippen LogP contribution >= 0.6 is 15.9 Å². The summed E-state index contributed by atoms with van der Waals surface area (Å²) in [5.74, 6) is -0.121. The normalized spacial score (nSPS) is 11.2. The maximum atomic E-state index is 13.3. The molecule has 2 N–H and O–H groups in total. The predicted molar refractivity (Wildman–Crippen MR) is 75.0 cm³/mol. The van der Waals surface area contributed by atoms with Crippen LogP contribution in [0.5, 0.6) is 0 Å². The van der Waals surface area contributed by atoms with Crippen LogP contribution in [0, 0.1) is 5.82 Å². The maximum Gasteiger partial charge on any atom is 0.329 e. The highest BCUT2D eigenvalue weighted by Gasteiger charge is 2.14. The molecule has 0 unspecified atom stereocenters. The van der Waals surface area contributed by atoms with Gasteiger partial charge in [0.05, 0.1) is 0 Å². The highest BCUT2D eigenvalue weighted by molar-refractivity contribution is 9.10. The summed E-state index contributed by atoms with van der Waals surface area (Å²) in [6.45, 7) is 0. The smallest absolute Gasteiger partial charge is 0.329 e. The second kappa shape index (κ2) is 4.41. The van der Waals surface area contributed by atoms with Crippen molar-refractivity contribution in [2.24, 2.45) is 7.05 Å². The number of nitrogens with one attached hydrogen (secondary N) is 2. The second-order valence-corrected chi connectivity index (χ2v) is 5.08. The number of nitrogens with zero attached hydrogens (tertiary/aromatic N) is 2. The van der Waals surface area contributed by atoms with E-state index >= 15 is 0 Å². The summed E-state index contributed by atoms with van der Waals surface area (Å²) in [5, 5.41) is 0. The van der Waals surface area contributed by atoms with Gasteiger partial charge in [-0.2, -0.15) is 0 Å². The number of aromatic amines is 2. The van der Waals surface area contributed by atoms with E-state index in [1.54, 1.807) is 6.07 Å². The minimum absolute atomic E-state index is 0.165. The fraction of sp³-hybridized carbons (Fsp3) is 0.0833. The van der Waals surface area contributed by atoms with Gasteiger partial charge in [0.2, 0.25) is 0 Å². The molecule has 0 radical (unpaired) electrons. The number of rotatable bonds is 1. The van der Waals surface area contributed by atoms with E-state index in [9.17, 15) is 14.0 Å². The fourth-order valence-electron chi connectivity index (χ4n) is 1.91. The van der Waals surface area contributed by atoms with E-state index in [1.807, 2.05) is 0 Å². The largest absolute Gasteiger partial charge is 0.332 e. The molecule has 8 heteroatoms. The Balaban J connectivity index is 2.37. The average molecular weight is 339 g/mol. The van der Waals surface area contributed by atoms with E-state index in [2.05, 4.69) is 30.9 Å². The third-order valence-corrected chi connectivity index (χ3v) is 3.63. The molecule has 0 aliphatic heterocycles. The van der Waals surface area contributed by atoms with E-state index in [0.29, 0.717) is 15.9 Å². The number of imidazole rings is 1. The van der Waals surface area contributed by atoms with Gasteiger partial charge in [0, 0.05) is 17.1 Å². The molecule has 3 rings (SSSR count). The maximum absolute atomic E-state index is 13.3. The van der Waals surface area contributed by atoms with E-state index in [0.717, 1.165) is 0 Å². The molecule has 3 aromatic rings. The van der Waals surface area contributed by atoms with Gasteiger partial charge in [-0.3, -0.25) is 14.3 Å². The SMILES string of the molecule is Cn1c(=O)[nH]c(=O)c2[nH]c(-c3cc(F)ccc3Br)nc21. The summed E-state index contributed by atoms with van der Waals surface area (Å²) in [4.78, 5) is 32.4. The Morgan fingerprint density at radius 3 is 2.80 bits per heavy atom. The second-order valence-electron chi connectivity index (χ2n) is 4.23. The first kappa shape index (κ1) is 12.8. The number of hydrogen-bond donors (Lipinski definition) is 2. The van der Waals surface area contributed by atoms with Crippen molar-refractivity contribution in [2.45, 2.75) is 0 Å². The van der Waals surface area contributed by atoms with Gasteiger partial charge >= 0.3 is 5.69 Å². The Hall–Kier alpha value is -2.22. The summed E-state index contributed by atoms with van der Waals surface area (Å²) in [6, 6.07) is 4.13. The Labute approximate surface area is 119 Å². The number of aryl methyl sites for hydroxylation is 1. The molecule has 0 aliphatic carbocycles. The highest BCUT2D eigenvalue weighted by atomic mass is 79.9. The number of aromatic nitrogens is 4. The van der Waals surface area contributed by atoms with Crippen molar-refractivity contribution >= 4 is 27.1 Å². The highest BCUT2D eigenvalue weighted by Crippen LogP contribution is 2.27. The molecule has 0 saturated heterocycles. The van der Waals surface area contributed by atoms with Crippen molar-refractivity contribution in [1.29, 1.82) is 0 Å². The van der Waals surface area contributed by atoms with Crippen molar-refractivity contribution in [3.8, 4) is 11.4 Å². The summed E-state index contributed by atoms with van der Waals surface area (Å²) >= 11 is 3.29. The van der Waals surface area contributed by atoms with E-state index in [-0.39, 0.29) is 11.2 Å². The Morgan fingerprint density at radius 1 is 1.30 bits per heavy atom. The lowest BCUT2D eigenvalue weighted by atomic mass is 10.2. The van der Waals surface area contributed by atoms with E-state index < -0.39 is 17.1 Å².